The Hall–Kier alpha value is -0.610. The topological polar surface area (TPSA) is 42.2 Å². The molecule has 0 fully saturated rings. The van der Waals surface area contributed by atoms with E-state index in [0.717, 1.165) is 17.2 Å². The zero-order valence-electron chi connectivity index (χ0n) is 9.37. The van der Waals surface area contributed by atoms with Gasteiger partial charge >= 0.3 is 0 Å². The van der Waals surface area contributed by atoms with Crippen molar-refractivity contribution in [2.75, 3.05) is 18.5 Å². The molecule has 0 saturated carbocycles. The number of nitrogens with zero attached hydrogens (tertiary/aromatic N) is 2. The Morgan fingerprint density at radius 2 is 2.14 bits per heavy atom. The number of hydrogen-bond acceptors (Lipinski definition) is 4. The minimum Gasteiger partial charge on any atom is -0.349 e. The fraction of sp³-hybridized carbons (Fsp3) is 0.700. The molecule has 0 spiro atoms. The summed E-state index contributed by atoms with van der Waals surface area (Å²) in [6.07, 6.45) is 0.940. The lowest BCUT2D eigenvalue weighted by molar-refractivity contribution is 0.750. The summed E-state index contributed by atoms with van der Waals surface area (Å²) >= 11 is 1.76. The zero-order chi connectivity index (χ0) is 10.7. The number of nitrogens with two attached hydrogens (primary N) is 1. The van der Waals surface area contributed by atoms with Crippen molar-refractivity contribution in [1.29, 1.82) is 0 Å². The predicted octanol–water partition coefficient (Wildman–Crippen LogP) is 1.80. The monoisotopic (exact) mass is 213 g/mol. The number of anilines is 1. The minimum atomic E-state index is 0.492. The molecule has 4 heteroatoms. The first-order valence-corrected chi connectivity index (χ1v) is 5.77. The highest BCUT2D eigenvalue weighted by molar-refractivity contribution is 7.15. The standard InChI is InChI=1S/C10H19N3S/c1-7(2)13(4)10-12-8(3)9(14-10)5-6-11/h7H,5-6,11H2,1-4H3. The summed E-state index contributed by atoms with van der Waals surface area (Å²) < 4.78 is 0. The highest BCUT2D eigenvalue weighted by Crippen LogP contribution is 2.26. The number of rotatable bonds is 4. The summed E-state index contributed by atoms with van der Waals surface area (Å²) in [5, 5.41) is 1.10. The molecule has 1 rings (SSSR count). The Bertz CT molecular complexity index is 294. The fourth-order valence-electron chi connectivity index (χ4n) is 1.15. The Balaban J connectivity index is 2.84. The third-order valence-corrected chi connectivity index (χ3v) is 3.64. The number of hydrogen-bond donors (Lipinski definition) is 1. The molecular formula is C10H19N3S. The van der Waals surface area contributed by atoms with Crippen LogP contribution < -0.4 is 10.6 Å². The van der Waals surface area contributed by atoms with Gasteiger partial charge in [-0.3, -0.25) is 0 Å². The second-order valence-corrected chi connectivity index (χ2v) is 4.81. The molecule has 0 aliphatic heterocycles. The summed E-state index contributed by atoms with van der Waals surface area (Å²) in [7, 11) is 2.08. The molecule has 1 heterocycles. The Kier molecular flexibility index (Phi) is 3.89. The molecule has 0 aliphatic carbocycles. The molecule has 0 bridgehead atoms. The van der Waals surface area contributed by atoms with Crippen LogP contribution >= 0.6 is 11.3 Å². The van der Waals surface area contributed by atoms with Gasteiger partial charge in [-0.2, -0.15) is 0 Å². The third kappa shape index (κ3) is 2.45. The van der Waals surface area contributed by atoms with E-state index >= 15 is 0 Å². The van der Waals surface area contributed by atoms with Crippen LogP contribution in [0.15, 0.2) is 0 Å². The lowest BCUT2D eigenvalue weighted by Gasteiger charge is -2.19. The number of aromatic nitrogens is 1. The van der Waals surface area contributed by atoms with Crippen molar-refractivity contribution < 1.29 is 0 Å². The highest BCUT2D eigenvalue weighted by atomic mass is 32.1. The second kappa shape index (κ2) is 4.75. The summed E-state index contributed by atoms with van der Waals surface area (Å²) in [6.45, 7) is 7.09. The van der Waals surface area contributed by atoms with E-state index in [-0.39, 0.29) is 0 Å². The van der Waals surface area contributed by atoms with E-state index in [1.165, 1.54) is 4.88 Å². The molecule has 2 N–H and O–H groups in total. The van der Waals surface area contributed by atoms with Crippen molar-refractivity contribution in [3.8, 4) is 0 Å². The van der Waals surface area contributed by atoms with Crippen molar-refractivity contribution in [2.45, 2.75) is 33.2 Å². The Morgan fingerprint density at radius 3 is 2.64 bits per heavy atom. The average Bonchev–Trinajstić information content (AvgIpc) is 2.47. The van der Waals surface area contributed by atoms with Gasteiger partial charge in [-0.25, -0.2) is 4.98 Å². The quantitative estimate of drug-likeness (QED) is 0.829. The first kappa shape index (κ1) is 11.5. The molecular weight excluding hydrogens is 194 g/mol. The van der Waals surface area contributed by atoms with Gasteiger partial charge in [0.25, 0.3) is 0 Å². The van der Waals surface area contributed by atoms with Crippen LogP contribution in [0.2, 0.25) is 0 Å². The minimum absolute atomic E-state index is 0.492. The lowest BCUT2D eigenvalue weighted by Crippen LogP contribution is -2.25. The van der Waals surface area contributed by atoms with E-state index in [2.05, 4.69) is 37.7 Å². The Labute approximate surface area is 89.9 Å². The SMILES string of the molecule is Cc1nc(N(C)C(C)C)sc1CCN. The average molecular weight is 213 g/mol. The molecule has 14 heavy (non-hydrogen) atoms. The van der Waals surface area contributed by atoms with Gasteiger partial charge in [-0.05, 0) is 33.7 Å². The molecule has 0 unspecified atom stereocenters. The van der Waals surface area contributed by atoms with Crippen molar-refractivity contribution in [2.24, 2.45) is 5.73 Å². The van der Waals surface area contributed by atoms with Gasteiger partial charge in [0.1, 0.15) is 0 Å². The van der Waals surface area contributed by atoms with E-state index in [9.17, 15) is 0 Å². The highest BCUT2D eigenvalue weighted by Gasteiger charge is 2.12. The third-order valence-electron chi connectivity index (χ3n) is 2.33. The molecule has 0 aliphatic rings. The predicted molar refractivity (Wildman–Crippen MR) is 63.1 cm³/mol. The maximum Gasteiger partial charge on any atom is 0.185 e. The van der Waals surface area contributed by atoms with Crippen LogP contribution in [-0.4, -0.2) is 24.6 Å². The van der Waals surface area contributed by atoms with E-state index in [1.54, 1.807) is 11.3 Å². The molecule has 1 aromatic heterocycles. The van der Waals surface area contributed by atoms with E-state index in [0.29, 0.717) is 12.6 Å². The molecule has 0 amide bonds. The maximum absolute atomic E-state index is 5.54. The summed E-state index contributed by atoms with van der Waals surface area (Å²) in [5.41, 5.74) is 6.67. The normalized spacial score (nSPS) is 11.0. The van der Waals surface area contributed by atoms with Crippen LogP contribution in [0.4, 0.5) is 5.13 Å². The van der Waals surface area contributed by atoms with Gasteiger partial charge < -0.3 is 10.6 Å². The summed E-state index contributed by atoms with van der Waals surface area (Å²) in [6, 6.07) is 0.492. The largest absolute Gasteiger partial charge is 0.349 e. The van der Waals surface area contributed by atoms with Gasteiger partial charge in [-0.1, -0.05) is 0 Å². The van der Waals surface area contributed by atoms with E-state index < -0.39 is 0 Å². The zero-order valence-corrected chi connectivity index (χ0v) is 10.2. The van der Waals surface area contributed by atoms with Crippen molar-refractivity contribution in [3.63, 3.8) is 0 Å². The van der Waals surface area contributed by atoms with Crippen LogP contribution in [0.1, 0.15) is 24.4 Å². The molecule has 80 valence electrons. The summed E-state index contributed by atoms with van der Waals surface area (Å²) in [4.78, 5) is 8.05. The first-order chi connectivity index (χ1) is 6.56. The molecule has 3 nitrogen and oxygen atoms in total. The van der Waals surface area contributed by atoms with Gasteiger partial charge in [0.15, 0.2) is 5.13 Å². The van der Waals surface area contributed by atoms with Crippen molar-refractivity contribution in [3.05, 3.63) is 10.6 Å². The second-order valence-electron chi connectivity index (χ2n) is 3.75. The molecule has 0 atom stereocenters. The molecule has 0 radical (unpaired) electrons. The van der Waals surface area contributed by atoms with E-state index in [1.807, 2.05) is 0 Å². The maximum atomic E-state index is 5.54. The number of aryl methyl sites for hydroxylation is 1. The summed E-state index contributed by atoms with van der Waals surface area (Å²) in [5.74, 6) is 0. The molecule has 1 aromatic rings. The first-order valence-electron chi connectivity index (χ1n) is 4.95. The molecule has 0 aromatic carbocycles. The van der Waals surface area contributed by atoms with E-state index in [4.69, 9.17) is 5.73 Å². The van der Waals surface area contributed by atoms with Crippen LogP contribution in [0.25, 0.3) is 0 Å². The van der Waals surface area contributed by atoms with Crippen LogP contribution in [0, 0.1) is 6.92 Å². The van der Waals surface area contributed by atoms with Crippen LogP contribution in [0.3, 0.4) is 0 Å². The van der Waals surface area contributed by atoms with Gasteiger partial charge in [0, 0.05) is 18.0 Å². The molecule has 0 saturated heterocycles. The Morgan fingerprint density at radius 1 is 1.50 bits per heavy atom. The van der Waals surface area contributed by atoms with Crippen LogP contribution in [0.5, 0.6) is 0 Å². The van der Waals surface area contributed by atoms with Gasteiger partial charge in [0.05, 0.1) is 5.69 Å². The number of thiazole rings is 1. The van der Waals surface area contributed by atoms with Crippen LogP contribution in [-0.2, 0) is 6.42 Å². The lowest BCUT2D eigenvalue weighted by atomic mass is 10.3. The smallest absolute Gasteiger partial charge is 0.185 e. The van der Waals surface area contributed by atoms with Gasteiger partial charge in [0.2, 0.25) is 0 Å². The van der Waals surface area contributed by atoms with Gasteiger partial charge in [-0.15, -0.1) is 11.3 Å². The van der Waals surface area contributed by atoms with Crippen molar-refractivity contribution >= 4 is 16.5 Å². The van der Waals surface area contributed by atoms with Crippen molar-refractivity contribution in [1.82, 2.24) is 4.98 Å². The fourth-order valence-corrected chi connectivity index (χ4v) is 2.32.